The van der Waals surface area contributed by atoms with E-state index in [-0.39, 0.29) is 24.4 Å². The molecule has 31 heavy (non-hydrogen) atoms. The summed E-state index contributed by atoms with van der Waals surface area (Å²) >= 11 is 6.02. The summed E-state index contributed by atoms with van der Waals surface area (Å²) < 4.78 is 27.5. The smallest absolute Gasteiger partial charge is 0.243 e. The minimum absolute atomic E-state index is 0.0553. The van der Waals surface area contributed by atoms with Gasteiger partial charge in [-0.2, -0.15) is 0 Å². The zero-order valence-corrected chi connectivity index (χ0v) is 18.9. The van der Waals surface area contributed by atoms with Gasteiger partial charge in [0.2, 0.25) is 21.8 Å². The summed E-state index contributed by atoms with van der Waals surface area (Å²) in [5.74, 6) is -0.820. The van der Waals surface area contributed by atoms with Crippen molar-refractivity contribution in [3.05, 3.63) is 58.1 Å². The largest absolute Gasteiger partial charge is 0.347 e. The molecule has 0 unspecified atom stereocenters. The molecular weight excluding hydrogens is 438 g/mol. The molecule has 3 N–H and O–H groups in total. The average molecular weight is 464 g/mol. The first-order valence-electron chi connectivity index (χ1n) is 10.2. The Labute approximate surface area is 187 Å². The summed E-state index contributed by atoms with van der Waals surface area (Å²) in [5.41, 5.74) is 3.59. The van der Waals surface area contributed by atoms with Crippen LogP contribution >= 0.6 is 11.6 Å². The lowest BCUT2D eigenvalue weighted by molar-refractivity contribution is -0.124. The Balaban J connectivity index is 1.44. The molecule has 0 spiro atoms. The minimum atomic E-state index is -3.69. The van der Waals surface area contributed by atoms with Gasteiger partial charge in [0.05, 0.1) is 11.4 Å². The number of amides is 2. The van der Waals surface area contributed by atoms with Crippen molar-refractivity contribution >= 4 is 39.1 Å². The fourth-order valence-electron chi connectivity index (χ4n) is 3.46. The molecule has 0 saturated carbocycles. The number of aryl methyl sites for hydroxylation is 2. The number of benzene rings is 2. The van der Waals surface area contributed by atoms with E-state index in [1.807, 2.05) is 6.07 Å². The molecule has 166 valence electrons. The molecule has 7 nitrogen and oxygen atoms in total. The highest BCUT2D eigenvalue weighted by Crippen LogP contribution is 2.24. The van der Waals surface area contributed by atoms with Crippen LogP contribution in [0.5, 0.6) is 0 Å². The number of carbonyl (C=O) groups excluding carboxylic acids is 2. The predicted octanol–water partition coefficient (Wildman–Crippen LogP) is 2.95. The molecular formula is C22H26ClN3O4S. The summed E-state index contributed by atoms with van der Waals surface area (Å²) in [7, 11) is -3.69. The number of sulfonamides is 1. The first-order valence-corrected chi connectivity index (χ1v) is 12.1. The maximum atomic E-state index is 12.5. The molecule has 0 radical (unpaired) electrons. The molecule has 0 saturated heterocycles. The van der Waals surface area contributed by atoms with Crippen LogP contribution < -0.4 is 15.4 Å². The maximum absolute atomic E-state index is 12.5. The van der Waals surface area contributed by atoms with E-state index in [1.54, 1.807) is 37.3 Å². The quantitative estimate of drug-likeness (QED) is 0.559. The Hall–Kier alpha value is -2.42. The molecule has 2 amide bonds. The third kappa shape index (κ3) is 6.29. The van der Waals surface area contributed by atoms with Crippen molar-refractivity contribution in [2.24, 2.45) is 0 Å². The summed E-state index contributed by atoms with van der Waals surface area (Å²) in [6.45, 7) is 1.51. The van der Waals surface area contributed by atoms with Gasteiger partial charge in [0.15, 0.2) is 0 Å². The molecule has 0 atom stereocenters. The zero-order chi connectivity index (χ0) is 22.4. The van der Waals surface area contributed by atoms with Crippen LogP contribution in [-0.4, -0.2) is 33.3 Å². The minimum Gasteiger partial charge on any atom is -0.347 e. The Morgan fingerprint density at radius 3 is 2.55 bits per heavy atom. The third-order valence-electron chi connectivity index (χ3n) is 5.26. The molecule has 0 heterocycles. The standard InChI is InChI=1S/C22H26ClN3O4S/c1-15-19(23)7-4-8-20(15)26-22(28)14-24-21(27)11-12-25-31(29,30)18-10-9-16-5-2-3-6-17(16)13-18/h4,7-10,13,25H,2-3,5-6,11-12,14H2,1H3,(H,24,27)(H,26,28). The molecule has 3 rings (SSSR count). The van der Waals surface area contributed by atoms with E-state index in [9.17, 15) is 18.0 Å². The van der Waals surface area contributed by atoms with Crippen LogP contribution in [0.1, 0.15) is 36.0 Å². The van der Waals surface area contributed by atoms with E-state index in [0.29, 0.717) is 10.7 Å². The first kappa shape index (κ1) is 23.2. The Morgan fingerprint density at radius 1 is 1.03 bits per heavy atom. The summed E-state index contributed by atoms with van der Waals surface area (Å²) in [6, 6.07) is 10.4. The van der Waals surface area contributed by atoms with Crippen LogP contribution in [0.4, 0.5) is 5.69 Å². The van der Waals surface area contributed by atoms with Crippen LogP contribution in [-0.2, 0) is 32.5 Å². The number of anilines is 1. The molecule has 1 aliphatic carbocycles. The van der Waals surface area contributed by atoms with Crippen molar-refractivity contribution in [3.63, 3.8) is 0 Å². The number of carbonyl (C=O) groups is 2. The normalized spacial score (nSPS) is 13.4. The van der Waals surface area contributed by atoms with Gasteiger partial charge in [0, 0.05) is 23.7 Å². The van der Waals surface area contributed by atoms with Gasteiger partial charge in [-0.1, -0.05) is 23.7 Å². The maximum Gasteiger partial charge on any atom is 0.243 e. The molecule has 2 aromatic rings. The van der Waals surface area contributed by atoms with Gasteiger partial charge in [-0.25, -0.2) is 13.1 Å². The van der Waals surface area contributed by atoms with Gasteiger partial charge >= 0.3 is 0 Å². The second kappa shape index (κ2) is 10.3. The second-order valence-electron chi connectivity index (χ2n) is 7.52. The van der Waals surface area contributed by atoms with E-state index in [2.05, 4.69) is 15.4 Å². The highest BCUT2D eigenvalue weighted by atomic mass is 35.5. The van der Waals surface area contributed by atoms with Crippen molar-refractivity contribution in [2.75, 3.05) is 18.4 Å². The van der Waals surface area contributed by atoms with Crippen molar-refractivity contribution in [2.45, 2.75) is 43.9 Å². The Kier molecular flexibility index (Phi) is 7.69. The lowest BCUT2D eigenvalue weighted by Gasteiger charge is -2.16. The topological polar surface area (TPSA) is 104 Å². The molecule has 0 fully saturated rings. The predicted molar refractivity (Wildman–Crippen MR) is 121 cm³/mol. The highest BCUT2D eigenvalue weighted by Gasteiger charge is 2.18. The van der Waals surface area contributed by atoms with E-state index in [1.165, 1.54) is 5.56 Å². The lowest BCUT2D eigenvalue weighted by atomic mass is 9.92. The Bertz CT molecular complexity index is 1090. The van der Waals surface area contributed by atoms with E-state index >= 15 is 0 Å². The molecule has 9 heteroatoms. The summed E-state index contributed by atoms with van der Waals surface area (Å²) in [6.07, 6.45) is 3.98. The molecule has 2 aromatic carbocycles. The zero-order valence-electron chi connectivity index (χ0n) is 17.3. The number of hydrogen-bond acceptors (Lipinski definition) is 4. The van der Waals surface area contributed by atoms with Crippen LogP contribution in [0, 0.1) is 6.92 Å². The summed E-state index contributed by atoms with van der Waals surface area (Å²) in [4.78, 5) is 24.2. The van der Waals surface area contributed by atoms with E-state index in [0.717, 1.165) is 36.8 Å². The first-order chi connectivity index (χ1) is 14.8. The van der Waals surface area contributed by atoms with E-state index in [4.69, 9.17) is 11.6 Å². The van der Waals surface area contributed by atoms with Crippen molar-refractivity contribution in [3.8, 4) is 0 Å². The number of rotatable bonds is 8. The fraction of sp³-hybridized carbons (Fsp3) is 0.364. The molecule has 0 bridgehead atoms. The number of nitrogens with one attached hydrogen (secondary N) is 3. The number of halogens is 1. The van der Waals surface area contributed by atoms with Gasteiger partial charge in [-0.15, -0.1) is 0 Å². The van der Waals surface area contributed by atoms with Crippen LogP contribution in [0.3, 0.4) is 0 Å². The highest BCUT2D eigenvalue weighted by molar-refractivity contribution is 7.89. The van der Waals surface area contributed by atoms with Crippen molar-refractivity contribution in [1.82, 2.24) is 10.0 Å². The van der Waals surface area contributed by atoms with Gasteiger partial charge in [0.1, 0.15) is 0 Å². The number of fused-ring (bicyclic) bond motifs is 1. The van der Waals surface area contributed by atoms with Crippen LogP contribution in [0.2, 0.25) is 5.02 Å². The monoisotopic (exact) mass is 463 g/mol. The average Bonchev–Trinajstić information content (AvgIpc) is 2.75. The fourth-order valence-corrected chi connectivity index (χ4v) is 4.72. The van der Waals surface area contributed by atoms with Gasteiger partial charge in [-0.05, 0) is 73.6 Å². The van der Waals surface area contributed by atoms with Gasteiger partial charge < -0.3 is 10.6 Å². The van der Waals surface area contributed by atoms with Crippen molar-refractivity contribution in [1.29, 1.82) is 0 Å². The number of hydrogen-bond donors (Lipinski definition) is 3. The van der Waals surface area contributed by atoms with Crippen molar-refractivity contribution < 1.29 is 18.0 Å². The SMILES string of the molecule is Cc1c(Cl)cccc1NC(=O)CNC(=O)CCNS(=O)(=O)c1ccc2c(c1)CCCC2. The molecule has 0 aromatic heterocycles. The van der Waals surface area contributed by atoms with Crippen LogP contribution in [0.25, 0.3) is 0 Å². The van der Waals surface area contributed by atoms with Crippen LogP contribution in [0.15, 0.2) is 41.3 Å². The van der Waals surface area contributed by atoms with Gasteiger partial charge in [-0.3, -0.25) is 9.59 Å². The summed E-state index contributed by atoms with van der Waals surface area (Å²) in [5, 5.41) is 5.70. The molecule has 0 aliphatic heterocycles. The van der Waals surface area contributed by atoms with Gasteiger partial charge in [0.25, 0.3) is 0 Å². The van der Waals surface area contributed by atoms with E-state index < -0.39 is 21.8 Å². The lowest BCUT2D eigenvalue weighted by Crippen LogP contribution is -2.35. The second-order valence-corrected chi connectivity index (χ2v) is 9.70. The molecule has 1 aliphatic rings. The third-order valence-corrected chi connectivity index (χ3v) is 7.13. The Morgan fingerprint density at radius 2 is 1.77 bits per heavy atom.